The number of hydrogen-bond acceptors (Lipinski definition) is 4. The van der Waals surface area contributed by atoms with Crippen LogP contribution in [0, 0.1) is 17.8 Å². The van der Waals surface area contributed by atoms with E-state index in [2.05, 4.69) is 6.08 Å². The van der Waals surface area contributed by atoms with Gasteiger partial charge in [-0.1, -0.05) is 31.4 Å². The molecule has 1 N–H and O–H groups in total. The fraction of sp³-hybridized carbons (Fsp3) is 0.857. The second kappa shape index (κ2) is 9.55. The van der Waals surface area contributed by atoms with Crippen molar-refractivity contribution in [3.8, 4) is 0 Å². The van der Waals surface area contributed by atoms with Gasteiger partial charge < -0.3 is 9.84 Å². The summed E-state index contributed by atoms with van der Waals surface area (Å²) in [4.78, 5) is 10.5. The molecule has 0 unspecified atom stereocenters. The molecule has 0 spiro atoms. The standard InChI is InChI=1S/C21H34O5S/c22-21(23)11-7-2-1-6-10-17-18(20-13-12-19(17)26-20)15-27(24,25)14-16-8-4-3-5-9-16/h1,6,16-20H,2-5,7-15H2,(H,22,23)/b6-1-/t17-,18+,19-,20+/m1/s1. The van der Waals surface area contributed by atoms with Gasteiger partial charge in [-0.25, -0.2) is 8.42 Å². The molecule has 2 heterocycles. The Morgan fingerprint density at radius 2 is 1.67 bits per heavy atom. The first-order chi connectivity index (χ1) is 12.9. The highest BCUT2D eigenvalue weighted by atomic mass is 32.2. The van der Waals surface area contributed by atoms with Gasteiger partial charge in [0.2, 0.25) is 0 Å². The Hall–Kier alpha value is -0.880. The molecule has 0 amide bonds. The molecule has 1 aliphatic carbocycles. The molecule has 154 valence electrons. The Kier molecular flexibility index (Phi) is 7.37. The molecule has 6 heteroatoms. The van der Waals surface area contributed by atoms with Crippen LogP contribution in [0.3, 0.4) is 0 Å². The van der Waals surface area contributed by atoms with Crippen molar-refractivity contribution < 1.29 is 23.1 Å². The summed E-state index contributed by atoms with van der Waals surface area (Å²) in [6.07, 6.45) is 14.7. The molecule has 3 rings (SSSR count). The van der Waals surface area contributed by atoms with Crippen molar-refractivity contribution in [1.82, 2.24) is 0 Å². The van der Waals surface area contributed by atoms with E-state index in [1.54, 1.807) is 0 Å². The smallest absolute Gasteiger partial charge is 0.303 e. The van der Waals surface area contributed by atoms with Gasteiger partial charge in [-0.15, -0.1) is 0 Å². The van der Waals surface area contributed by atoms with Crippen molar-refractivity contribution in [2.45, 2.75) is 82.8 Å². The van der Waals surface area contributed by atoms with Crippen molar-refractivity contribution in [1.29, 1.82) is 0 Å². The summed E-state index contributed by atoms with van der Waals surface area (Å²) in [5, 5.41) is 8.68. The van der Waals surface area contributed by atoms with Gasteiger partial charge in [-0.2, -0.15) is 0 Å². The Balaban J connectivity index is 1.51. The Labute approximate surface area is 163 Å². The molecule has 5 nitrogen and oxygen atoms in total. The summed E-state index contributed by atoms with van der Waals surface area (Å²) in [5.74, 6) is 0.659. The van der Waals surface area contributed by atoms with Crippen LogP contribution in [-0.2, 0) is 19.4 Å². The molecule has 3 fully saturated rings. The third kappa shape index (κ3) is 6.05. The van der Waals surface area contributed by atoms with E-state index in [1.165, 1.54) is 19.3 Å². The third-order valence-electron chi connectivity index (χ3n) is 6.59. The highest BCUT2D eigenvalue weighted by molar-refractivity contribution is 7.91. The van der Waals surface area contributed by atoms with Crippen LogP contribution in [0.25, 0.3) is 0 Å². The van der Waals surface area contributed by atoms with E-state index in [-0.39, 0.29) is 30.3 Å². The van der Waals surface area contributed by atoms with Crippen LogP contribution in [0.5, 0.6) is 0 Å². The van der Waals surface area contributed by atoms with Crippen LogP contribution in [0.1, 0.15) is 70.6 Å². The molecule has 0 aromatic heterocycles. The van der Waals surface area contributed by atoms with Gasteiger partial charge in [0, 0.05) is 12.3 Å². The van der Waals surface area contributed by atoms with Crippen molar-refractivity contribution >= 4 is 15.8 Å². The number of carboxylic acid groups (broad SMARTS) is 1. The summed E-state index contributed by atoms with van der Waals surface area (Å²) in [5.41, 5.74) is 0. The van der Waals surface area contributed by atoms with Gasteiger partial charge >= 0.3 is 5.97 Å². The summed E-state index contributed by atoms with van der Waals surface area (Å²) in [6.45, 7) is 0. The molecule has 1 saturated carbocycles. The highest BCUT2D eigenvalue weighted by Crippen LogP contribution is 2.46. The van der Waals surface area contributed by atoms with Gasteiger partial charge in [0.05, 0.1) is 23.7 Å². The Morgan fingerprint density at radius 3 is 2.37 bits per heavy atom. The van der Waals surface area contributed by atoms with Crippen LogP contribution < -0.4 is 0 Å². The topological polar surface area (TPSA) is 80.7 Å². The molecular weight excluding hydrogens is 364 g/mol. The number of hydrogen-bond donors (Lipinski definition) is 1. The van der Waals surface area contributed by atoms with Gasteiger partial charge in [-0.3, -0.25) is 4.79 Å². The molecule has 4 atom stereocenters. The quantitative estimate of drug-likeness (QED) is 0.445. The molecule has 0 aromatic rings. The fourth-order valence-corrected chi connectivity index (χ4v) is 7.48. The number of sulfone groups is 1. The number of rotatable bonds is 10. The average molecular weight is 399 g/mol. The number of unbranched alkanes of at least 4 members (excludes halogenated alkanes) is 1. The zero-order chi connectivity index (χ0) is 19.3. The molecule has 2 saturated heterocycles. The second-order valence-corrected chi connectivity index (χ2v) is 10.8. The van der Waals surface area contributed by atoms with E-state index in [0.717, 1.165) is 38.5 Å². The largest absolute Gasteiger partial charge is 0.481 e. The predicted molar refractivity (Wildman–Crippen MR) is 105 cm³/mol. The van der Waals surface area contributed by atoms with Gasteiger partial charge in [-0.05, 0) is 56.8 Å². The summed E-state index contributed by atoms with van der Waals surface area (Å²) < 4.78 is 31.7. The minimum Gasteiger partial charge on any atom is -0.481 e. The summed E-state index contributed by atoms with van der Waals surface area (Å²) in [6, 6.07) is 0. The first-order valence-electron chi connectivity index (χ1n) is 10.7. The number of aliphatic carboxylic acids is 1. The minimum atomic E-state index is -3.04. The summed E-state index contributed by atoms with van der Waals surface area (Å²) in [7, 11) is -3.04. The fourth-order valence-electron chi connectivity index (χ4n) is 5.24. The first kappa shape index (κ1) is 20.8. The van der Waals surface area contributed by atoms with Gasteiger partial charge in [0.1, 0.15) is 0 Å². The van der Waals surface area contributed by atoms with E-state index in [1.807, 2.05) is 6.08 Å². The lowest BCUT2D eigenvalue weighted by Crippen LogP contribution is -2.34. The molecule has 3 aliphatic rings. The van der Waals surface area contributed by atoms with Crippen LogP contribution in [0.2, 0.25) is 0 Å². The second-order valence-electron chi connectivity index (χ2n) is 8.69. The molecule has 27 heavy (non-hydrogen) atoms. The maximum atomic E-state index is 12.8. The van der Waals surface area contributed by atoms with Crippen LogP contribution in [0.15, 0.2) is 12.2 Å². The van der Waals surface area contributed by atoms with Crippen LogP contribution in [-0.4, -0.2) is 43.2 Å². The van der Waals surface area contributed by atoms with E-state index in [9.17, 15) is 13.2 Å². The molecule has 2 aliphatic heterocycles. The number of carbonyl (C=O) groups is 1. The first-order valence-corrected chi connectivity index (χ1v) is 12.5. The van der Waals surface area contributed by atoms with E-state index in [0.29, 0.717) is 24.0 Å². The van der Waals surface area contributed by atoms with Crippen molar-refractivity contribution in [3.05, 3.63) is 12.2 Å². The highest BCUT2D eigenvalue weighted by Gasteiger charge is 2.49. The molecular formula is C21H34O5S. The molecule has 0 aromatic carbocycles. The van der Waals surface area contributed by atoms with Crippen LogP contribution >= 0.6 is 0 Å². The normalized spacial score (nSPS) is 31.7. The van der Waals surface area contributed by atoms with Gasteiger partial charge in [0.15, 0.2) is 9.84 Å². The third-order valence-corrected chi connectivity index (χ3v) is 8.46. The van der Waals surface area contributed by atoms with Gasteiger partial charge in [0.25, 0.3) is 0 Å². The number of fused-ring (bicyclic) bond motifs is 2. The maximum absolute atomic E-state index is 12.8. The maximum Gasteiger partial charge on any atom is 0.303 e. The van der Waals surface area contributed by atoms with Crippen molar-refractivity contribution in [2.24, 2.45) is 17.8 Å². The molecule has 2 bridgehead atoms. The Morgan fingerprint density at radius 1 is 0.963 bits per heavy atom. The van der Waals surface area contributed by atoms with Crippen LogP contribution in [0.4, 0.5) is 0 Å². The number of allylic oxidation sites excluding steroid dienone is 2. The predicted octanol–water partition coefficient (Wildman–Crippen LogP) is 3.98. The zero-order valence-electron chi connectivity index (χ0n) is 16.2. The minimum absolute atomic E-state index is 0.113. The van der Waals surface area contributed by atoms with Crippen molar-refractivity contribution in [3.63, 3.8) is 0 Å². The summed E-state index contributed by atoms with van der Waals surface area (Å²) >= 11 is 0. The Bertz CT molecular complexity index is 620. The van der Waals surface area contributed by atoms with E-state index >= 15 is 0 Å². The average Bonchev–Trinajstić information content (AvgIpc) is 3.20. The lowest BCUT2D eigenvalue weighted by molar-refractivity contribution is -0.137. The lowest BCUT2D eigenvalue weighted by atomic mass is 9.78. The SMILES string of the molecule is O=C(O)CCC/C=C\C[C@@H]1[C@H](CS(=O)(=O)CC2CCCCC2)[C@@H]2CC[C@H]1O2. The number of carboxylic acids is 1. The van der Waals surface area contributed by atoms with E-state index < -0.39 is 15.8 Å². The van der Waals surface area contributed by atoms with Crippen molar-refractivity contribution in [2.75, 3.05) is 11.5 Å². The molecule has 0 radical (unpaired) electrons. The number of ether oxygens (including phenoxy) is 1. The monoisotopic (exact) mass is 398 g/mol. The van der Waals surface area contributed by atoms with E-state index in [4.69, 9.17) is 9.84 Å². The lowest BCUT2D eigenvalue weighted by Gasteiger charge is -2.28. The zero-order valence-corrected chi connectivity index (χ0v) is 17.0.